The third-order valence-corrected chi connectivity index (χ3v) is 6.33. The van der Waals surface area contributed by atoms with Gasteiger partial charge in [0, 0.05) is 11.9 Å². The number of aromatic amines is 1. The first-order valence-electron chi connectivity index (χ1n) is 11.3. The van der Waals surface area contributed by atoms with Crippen LogP contribution in [0.1, 0.15) is 17.7 Å². The highest BCUT2D eigenvalue weighted by Crippen LogP contribution is 2.22. The van der Waals surface area contributed by atoms with Crippen LogP contribution in [0.15, 0.2) is 88.8 Å². The first-order chi connectivity index (χ1) is 17.1. The molecule has 3 heterocycles. The van der Waals surface area contributed by atoms with Gasteiger partial charge in [-0.05, 0) is 48.2 Å². The number of ether oxygens (including phenoxy) is 1. The Bertz CT molecular complexity index is 1530. The molecule has 1 atom stereocenters. The van der Waals surface area contributed by atoms with Crippen molar-refractivity contribution in [2.24, 2.45) is 10.9 Å². The Morgan fingerprint density at radius 3 is 2.49 bits per heavy atom. The van der Waals surface area contributed by atoms with Crippen LogP contribution in [-0.4, -0.2) is 27.3 Å². The van der Waals surface area contributed by atoms with Gasteiger partial charge in [0.25, 0.3) is 11.5 Å². The zero-order chi connectivity index (χ0) is 24.2. The largest absolute Gasteiger partial charge is 0.372 e. The van der Waals surface area contributed by atoms with E-state index in [2.05, 4.69) is 15.1 Å². The van der Waals surface area contributed by atoms with Crippen molar-refractivity contribution in [1.82, 2.24) is 14.8 Å². The number of benzene rings is 2. The molecule has 5 rings (SSSR count). The van der Waals surface area contributed by atoms with E-state index in [1.165, 1.54) is 4.68 Å². The average molecular weight is 487 g/mol. The van der Waals surface area contributed by atoms with Crippen LogP contribution in [0.5, 0.6) is 0 Å². The lowest BCUT2D eigenvalue weighted by atomic mass is 9.90. The van der Waals surface area contributed by atoms with E-state index in [1.807, 2.05) is 48.5 Å². The molecule has 176 valence electrons. The number of carbonyl (C=O) groups is 1. The van der Waals surface area contributed by atoms with Gasteiger partial charge in [-0.25, -0.2) is 4.68 Å². The molecular formula is C27H23ClN4O3. The molecule has 0 saturated carbocycles. The minimum atomic E-state index is -0.580. The van der Waals surface area contributed by atoms with Crippen LogP contribution in [-0.2, 0) is 22.6 Å². The standard InChI is InChI=1S/C27H23ClN4O3/c28-22-11-4-5-12-23(22)32-27(34)24-21(17-35-16-18-8-2-1-3-9-18)20(26(33)30-25(24)31-32)14-13-19-10-6-7-15-29-19/h1-12,15,20H,13-14,16-17H2,(H,30,31,33). The van der Waals surface area contributed by atoms with Gasteiger partial charge in [0.15, 0.2) is 5.49 Å². The number of pyridine rings is 1. The second kappa shape index (κ2) is 10.2. The molecule has 2 aromatic heterocycles. The number of aromatic nitrogens is 3. The number of fused-ring (bicyclic) bond motifs is 1. The topological polar surface area (TPSA) is 89.3 Å². The van der Waals surface area contributed by atoms with E-state index in [4.69, 9.17) is 16.3 Å². The first-order valence-corrected chi connectivity index (χ1v) is 11.7. The fourth-order valence-electron chi connectivity index (χ4n) is 4.27. The number of H-pyrrole nitrogens is 1. The van der Waals surface area contributed by atoms with Crippen molar-refractivity contribution in [2.45, 2.75) is 19.4 Å². The summed E-state index contributed by atoms with van der Waals surface area (Å²) in [5.41, 5.74) is 2.91. The van der Waals surface area contributed by atoms with Crippen molar-refractivity contribution in [2.75, 3.05) is 6.61 Å². The van der Waals surface area contributed by atoms with Crippen LogP contribution < -0.4 is 16.3 Å². The summed E-state index contributed by atoms with van der Waals surface area (Å²) in [5, 5.41) is 3.74. The van der Waals surface area contributed by atoms with Crippen LogP contribution in [0.25, 0.3) is 11.3 Å². The molecule has 0 radical (unpaired) electrons. The van der Waals surface area contributed by atoms with Gasteiger partial charge < -0.3 is 4.74 Å². The lowest BCUT2D eigenvalue weighted by molar-refractivity contribution is -0.120. The molecule has 1 N–H and O–H groups in total. The molecule has 1 aliphatic heterocycles. The maximum absolute atomic E-state index is 13.5. The number of halogens is 1. The number of nitrogens with zero attached hydrogens (tertiary/aromatic N) is 3. The van der Waals surface area contributed by atoms with Gasteiger partial charge in [0.05, 0.1) is 35.1 Å². The number of rotatable bonds is 8. The third kappa shape index (κ3) is 4.87. The van der Waals surface area contributed by atoms with Crippen LogP contribution in [0, 0.1) is 5.92 Å². The van der Waals surface area contributed by atoms with Crippen molar-refractivity contribution in [1.29, 1.82) is 0 Å². The number of aryl methyl sites for hydroxylation is 1. The summed E-state index contributed by atoms with van der Waals surface area (Å²) in [6.07, 6.45) is 2.77. The molecule has 1 unspecified atom stereocenters. The molecule has 7 nitrogen and oxygen atoms in total. The van der Waals surface area contributed by atoms with Gasteiger partial charge >= 0.3 is 0 Å². The minimum Gasteiger partial charge on any atom is -0.372 e. The SMILES string of the molecule is O=C1N=c2[nH]n(-c3ccccc3Cl)c(=O)c2=C(COCc2ccccc2)C1CCc1ccccn1. The molecule has 1 aliphatic rings. The van der Waals surface area contributed by atoms with Gasteiger partial charge in [-0.15, -0.1) is 0 Å². The summed E-state index contributed by atoms with van der Waals surface area (Å²) in [6.45, 7) is 0.493. The van der Waals surface area contributed by atoms with Crippen LogP contribution in [0.2, 0.25) is 5.02 Å². The van der Waals surface area contributed by atoms with Gasteiger partial charge in [-0.1, -0.05) is 60.1 Å². The maximum atomic E-state index is 13.5. The number of nitrogens with one attached hydrogen (secondary N) is 1. The Morgan fingerprint density at radius 2 is 1.71 bits per heavy atom. The Kier molecular flexibility index (Phi) is 6.70. The number of para-hydroxylation sites is 1. The summed E-state index contributed by atoms with van der Waals surface area (Å²) in [5.74, 6) is -0.886. The third-order valence-electron chi connectivity index (χ3n) is 6.01. The Morgan fingerprint density at radius 1 is 0.943 bits per heavy atom. The van der Waals surface area contributed by atoms with Crippen LogP contribution in [0.4, 0.5) is 0 Å². The number of hydrogen-bond donors (Lipinski definition) is 1. The Labute approximate surface area is 206 Å². The fraction of sp³-hybridized carbons (Fsp3) is 0.185. The lowest BCUT2D eigenvalue weighted by Crippen LogP contribution is -2.45. The van der Waals surface area contributed by atoms with E-state index in [9.17, 15) is 9.59 Å². The highest BCUT2D eigenvalue weighted by atomic mass is 35.5. The number of hydrogen-bond acceptors (Lipinski definition) is 4. The summed E-state index contributed by atoms with van der Waals surface area (Å²) >= 11 is 6.34. The normalized spacial score (nSPS) is 15.1. The van der Waals surface area contributed by atoms with Gasteiger partial charge in [-0.2, -0.15) is 4.99 Å². The summed E-state index contributed by atoms with van der Waals surface area (Å²) in [6, 6.07) is 22.5. The summed E-state index contributed by atoms with van der Waals surface area (Å²) < 4.78 is 7.34. The second-order valence-electron chi connectivity index (χ2n) is 8.29. The number of carbonyl (C=O) groups excluding carboxylic acids is 1. The first kappa shape index (κ1) is 23.0. The van der Waals surface area contributed by atoms with Crippen molar-refractivity contribution in [3.63, 3.8) is 0 Å². The smallest absolute Gasteiger partial charge is 0.280 e. The van der Waals surface area contributed by atoms with Gasteiger partial charge in [0.1, 0.15) is 0 Å². The van der Waals surface area contributed by atoms with E-state index in [0.29, 0.717) is 41.0 Å². The molecule has 0 saturated heterocycles. The van der Waals surface area contributed by atoms with Crippen molar-refractivity contribution in [3.8, 4) is 5.69 Å². The molecule has 0 bridgehead atoms. The van der Waals surface area contributed by atoms with Gasteiger partial charge in [-0.3, -0.25) is 19.7 Å². The molecular weight excluding hydrogens is 464 g/mol. The molecule has 0 fully saturated rings. The summed E-state index contributed by atoms with van der Waals surface area (Å²) in [4.78, 5) is 35.3. The van der Waals surface area contributed by atoms with Crippen LogP contribution in [0.3, 0.4) is 0 Å². The molecule has 35 heavy (non-hydrogen) atoms. The van der Waals surface area contributed by atoms with E-state index >= 15 is 0 Å². The molecule has 0 spiro atoms. The van der Waals surface area contributed by atoms with Crippen LogP contribution >= 0.6 is 11.6 Å². The summed E-state index contributed by atoms with van der Waals surface area (Å²) in [7, 11) is 0. The van der Waals surface area contributed by atoms with E-state index in [1.54, 1.807) is 30.5 Å². The Balaban J connectivity index is 1.55. The maximum Gasteiger partial charge on any atom is 0.280 e. The monoisotopic (exact) mass is 486 g/mol. The zero-order valence-corrected chi connectivity index (χ0v) is 19.6. The highest BCUT2D eigenvalue weighted by molar-refractivity contribution is 6.32. The van der Waals surface area contributed by atoms with Crippen molar-refractivity contribution >= 4 is 23.1 Å². The predicted octanol–water partition coefficient (Wildman–Crippen LogP) is 2.99. The molecule has 8 heteroatoms. The van der Waals surface area contributed by atoms with Gasteiger partial charge in [0.2, 0.25) is 0 Å². The lowest BCUT2D eigenvalue weighted by Gasteiger charge is -2.19. The van der Waals surface area contributed by atoms with Crippen molar-refractivity contribution < 1.29 is 9.53 Å². The predicted molar refractivity (Wildman–Crippen MR) is 133 cm³/mol. The minimum absolute atomic E-state index is 0.131. The molecule has 2 aromatic carbocycles. The molecule has 4 aromatic rings. The second-order valence-corrected chi connectivity index (χ2v) is 8.70. The number of amides is 1. The van der Waals surface area contributed by atoms with E-state index < -0.39 is 5.92 Å². The van der Waals surface area contributed by atoms with Crippen molar-refractivity contribution in [3.05, 3.63) is 116 Å². The molecule has 0 aliphatic carbocycles. The molecule has 1 amide bonds. The van der Waals surface area contributed by atoms with E-state index in [-0.39, 0.29) is 23.6 Å². The average Bonchev–Trinajstić information content (AvgIpc) is 3.20. The fourth-order valence-corrected chi connectivity index (χ4v) is 4.49. The van der Waals surface area contributed by atoms with E-state index in [0.717, 1.165) is 11.3 Å². The Hall–Kier alpha value is -3.81. The highest BCUT2D eigenvalue weighted by Gasteiger charge is 2.29. The quantitative estimate of drug-likeness (QED) is 0.414. The zero-order valence-electron chi connectivity index (χ0n) is 18.9.